The lowest BCUT2D eigenvalue weighted by atomic mass is 10.2. The summed E-state index contributed by atoms with van der Waals surface area (Å²) in [6.07, 6.45) is 0. The highest BCUT2D eigenvalue weighted by Crippen LogP contribution is 2.21. The molecule has 0 bridgehead atoms. The van der Waals surface area contributed by atoms with Crippen molar-refractivity contribution in [3.05, 3.63) is 34.6 Å². The molecule has 0 saturated carbocycles. The van der Waals surface area contributed by atoms with Gasteiger partial charge < -0.3 is 9.25 Å². The van der Waals surface area contributed by atoms with Gasteiger partial charge in [0, 0.05) is 10.0 Å². The van der Waals surface area contributed by atoms with Crippen molar-refractivity contribution in [2.45, 2.75) is 6.61 Å². The van der Waals surface area contributed by atoms with E-state index in [1.165, 1.54) is 0 Å². The van der Waals surface area contributed by atoms with Gasteiger partial charge >= 0.3 is 0 Å². The zero-order valence-electron chi connectivity index (χ0n) is 9.95. The van der Waals surface area contributed by atoms with Gasteiger partial charge in [0.05, 0.1) is 0 Å². The van der Waals surface area contributed by atoms with Crippen molar-refractivity contribution >= 4 is 21.6 Å². The average molecular weight is 332 g/mol. The van der Waals surface area contributed by atoms with Gasteiger partial charge in [-0.1, -0.05) is 27.2 Å². The summed E-state index contributed by atoms with van der Waals surface area (Å²) in [4.78, 5) is 4.77. The number of rotatable bonds is 4. The van der Waals surface area contributed by atoms with Crippen LogP contribution in [0.4, 0.5) is 0 Å². The van der Waals surface area contributed by atoms with E-state index in [4.69, 9.17) is 19.8 Å². The van der Waals surface area contributed by atoms with Crippen LogP contribution < -0.4 is 0 Å². The number of hydrogen-bond acceptors (Lipinski definition) is 7. The Morgan fingerprint density at radius 1 is 1.35 bits per heavy atom. The highest BCUT2D eigenvalue weighted by molar-refractivity contribution is 9.10. The molecule has 2 rings (SSSR count). The van der Waals surface area contributed by atoms with Gasteiger partial charge in [0.2, 0.25) is 5.89 Å². The van der Waals surface area contributed by atoms with Gasteiger partial charge in [-0.25, -0.2) is 0 Å². The first-order valence-corrected chi connectivity index (χ1v) is 6.10. The first-order chi connectivity index (χ1) is 9.72. The Balaban J connectivity index is 2.05. The molecule has 0 aliphatic carbocycles. The maximum absolute atomic E-state index is 8.46. The molecule has 0 aliphatic heterocycles. The number of benzene rings is 1. The summed E-state index contributed by atoms with van der Waals surface area (Å²) in [5.41, 5.74) is 0.382. The van der Waals surface area contributed by atoms with Crippen LogP contribution in [-0.4, -0.2) is 15.9 Å². The van der Waals surface area contributed by atoms with E-state index in [9.17, 15) is 0 Å². The second-order valence-corrected chi connectivity index (χ2v) is 4.36. The second-order valence-electron chi connectivity index (χ2n) is 3.45. The Bertz CT molecular complexity index is 710. The van der Waals surface area contributed by atoms with Crippen LogP contribution in [0.3, 0.4) is 0 Å². The van der Waals surface area contributed by atoms with Crippen molar-refractivity contribution in [3.63, 3.8) is 0 Å². The summed E-state index contributed by atoms with van der Waals surface area (Å²) in [5.74, 6) is 0.536. The predicted molar refractivity (Wildman–Crippen MR) is 70.9 cm³/mol. The quantitative estimate of drug-likeness (QED) is 0.628. The average Bonchev–Trinajstić information content (AvgIpc) is 2.92. The van der Waals surface area contributed by atoms with E-state index in [-0.39, 0.29) is 18.2 Å². The Hall–Kier alpha value is -2.71. The van der Waals surface area contributed by atoms with Crippen LogP contribution in [0, 0.1) is 22.7 Å². The van der Waals surface area contributed by atoms with E-state index in [1.807, 2.05) is 24.3 Å². The number of oxime groups is 1. The topological polar surface area (TPSA) is 108 Å². The van der Waals surface area contributed by atoms with Crippen molar-refractivity contribution in [3.8, 4) is 23.6 Å². The monoisotopic (exact) mass is 331 g/mol. The molecule has 2 aromatic rings. The van der Waals surface area contributed by atoms with Gasteiger partial charge in [-0.15, -0.1) is 10.2 Å². The third kappa shape index (κ3) is 3.40. The maximum atomic E-state index is 8.46. The molecule has 1 aromatic heterocycles. The van der Waals surface area contributed by atoms with E-state index >= 15 is 0 Å². The highest BCUT2D eigenvalue weighted by atomic mass is 79.9. The molecule has 1 heterocycles. The molecule has 0 aliphatic rings. The van der Waals surface area contributed by atoms with Crippen LogP contribution in [0.5, 0.6) is 0 Å². The van der Waals surface area contributed by atoms with Crippen LogP contribution in [0.25, 0.3) is 11.5 Å². The summed E-state index contributed by atoms with van der Waals surface area (Å²) in [5, 5.41) is 27.9. The minimum absolute atomic E-state index is 0.117. The summed E-state index contributed by atoms with van der Waals surface area (Å²) >= 11 is 3.35. The number of hydrogen-bond donors (Lipinski definition) is 0. The molecule has 0 spiro atoms. The van der Waals surface area contributed by atoms with Gasteiger partial charge in [-0.3, -0.25) is 0 Å². The molecule has 98 valence electrons. The lowest BCUT2D eigenvalue weighted by Gasteiger charge is -1.95. The molecule has 8 heteroatoms. The minimum Gasteiger partial charge on any atom is -0.417 e. The standard InChI is InChI=1S/C12H6BrN5O2/c13-9-3-1-2-8(4-9)12-17-16-11(20-12)7-19-18-10(5-14)6-15/h1-4H,7H2. The number of aromatic nitrogens is 2. The molecular formula is C12H6BrN5O2. The van der Waals surface area contributed by atoms with E-state index in [2.05, 4.69) is 31.3 Å². The summed E-state index contributed by atoms with van der Waals surface area (Å²) < 4.78 is 6.26. The van der Waals surface area contributed by atoms with E-state index in [0.29, 0.717) is 5.89 Å². The van der Waals surface area contributed by atoms with Crippen molar-refractivity contribution in [1.29, 1.82) is 10.5 Å². The summed E-state index contributed by atoms with van der Waals surface area (Å²) in [7, 11) is 0. The fourth-order valence-electron chi connectivity index (χ4n) is 1.27. The molecule has 0 atom stereocenters. The number of halogens is 1. The Labute approximate surface area is 122 Å². The van der Waals surface area contributed by atoms with E-state index in [0.717, 1.165) is 10.0 Å². The fourth-order valence-corrected chi connectivity index (χ4v) is 1.67. The van der Waals surface area contributed by atoms with E-state index < -0.39 is 0 Å². The third-order valence-corrected chi connectivity index (χ3v) is 2.59. The van der Waals surface area contributed by atoms with Crippen molar-refractivity contribution in [2.75, 3.05) is 0 Å². The van der Waals surface area contributed by atoms with Crippen LogP contribution in [-0.2, 0) is 11.4 Å². The van der Waals surface area contributed by atoms with Crippen LogP contribution >= 0.6 is 15.9 Å². The minimum atomic E-state index is -0.378. The van der Waals surface area contributed by atoms with Gasteiger partial charge in [-0.05, 0) is 18.2 Å². The fraction of sp³-hybridized carbons (Fsp3) is 0.0833. The zero-order chi connectivity index (χ0) is 14.4. The maximum Gasteiger partial charge on any atom is 0.257 e. The molecule has 0 unspecified atom stereocenters. The van der Waals surface area contributed by atoms with Gasteiger partial charge in [0.15, 0.2) is 6.61 Å². The molecular weight excluding hydrogens is 326 g/mol. The molecule has 0 saturated heterocycles. The largest absolute Gasteiger partial charge is 0.417 e. The van der Waals surface area contributed by atoms with E-state index in [1.54, 1.807) is 12.1 Å². The first kappa shape index (κ1) is 13.7. The molecule has 7 nitrogen and oxygen atoms in total. The molecule has 0 N–H and O–H groups in total. The van der Waals surface area contributed by atoms with Crippen LogP contribution in [0.15, 0.2) is 38.3 Å². The van der Waals surface area contributed by atoms with Crippen LogP contribution in [0.2, 0.25) is 0 Å². The summed E-state index contributed by atoms with van der Waals surface area (Å²) in [6.45, 7) is -0.117. The normalized spacial score (nSPS) is 9.35. The number of nitrogens with zero attached hydrogens (tertiary/aromatic N) is 5. The third-order valence-electron chi connectivity index (χ3n) is 2.09. The lowest BCUT2D eigenvalue weighted by Crippen LogP contribution is -1.93. The van der Waals surface area contributed by atoms with Crippen LogP contribution in [0.1, 0.15) is 5.89 Å². The Morgan fingerprint density at radius 2 is 2.15 bits per heavy atom. The van der Waals surface area contributed by atoms with Gasteiger partial charge in [0.25, 0.3) is 11.6 Å². The van der Waals surface area contributed by atoms with Crippen molar-refractivity contribution in [1.82, 2.24) is 10.2 Å². The smallest absolute Gasteiger partial charge is 0.257 e. The first-order valence-electron chi connectivity index (χ1n) is 5.31. The number of nitriles is 2. The molecule has 0 fully saturated rings. The highest BCUT2D eigenvalue weighted by Gasteiger charge is 2.09. The van der Waals surface area contributed by atoms with Crippen molar-refractivity contribution in [2.24, 2.45) is 5.16 Å². The Kier molecular flexibility index (Phi) is 4.43. The molecule has 1 aromatic carbocycles. The second kappa shape index (κ2) is 6.45. The molecule has 0 radical (unpaired) electrons. The SMILES string of the molecule is N#CC(C#N)=NOCc1nnc(-c2cccc(Br)c2)o1. The van der Waals surface area contributed by atoms with Crippen molar-refractivity contribution < 1.29 is 9.25 Å². The summed E-state index contributed by atoms with van der Waals surface area (Å²) in [6, 6.07) is 10.5. The predicted octanol–water partition coefficient (Wildman–Crippen LogP) is 2.42. The molecule has 20 heavy (non-hydrogen) atoms. The zero-order valence-corrected chi connectivity index (χ0v) is 11.5. The molecule has 0 amide bonds. The van der Waals surface area contributed by atoms with Gasteiger partial charge in [0.1, 0.15) is 12.1 Å². The Morgan fingerprint density at radius 3 is 2.85 bits per heavy atom. The lowest BCUT2D eigenvalue weighted by molar-refractivity contribution is 0.112. The van der Waals surface area contributed by atoms with Gasteiger partial charge in [-0.2, -0.15) is 10.5 Å².